The molecule has 1 fully saturated rings. The lowest BCUT2D eigenvalue weighted by atomic mass is 9.98. The minimum absolute atomic E-state index is 0.0582. The summed E-state index contributed by atoms with van der Waals surface area (Å²) in [7, 11) is 0. The Bertz CT molecular complexity index is 1240. The van der Waals surface area contributed by atoms with Gasteiger partial charge in [-0.1, -0.05) is 6.07 Å². The van der Waals surface area contributed by atoms with Crippen LogP contribution in [0.25, 0.3) is 22.4 Å². The van der Waals surface area contributed by atoms with Gasteiger partial charge in [-0.3, -0.25) is 4.98 Å². The molecule has 1 aromatic carbocycles. The van der Waals surface area contributed by atoms with E-state index in [9.17, 15) is 23.1 Å². The molecule has 0 spiro atoms. The number of anilines is 2. The van der Waals surface area contributed by atoms with E-state index in [0.29, 0.717) is 30.2 Å². The molecular weight excluding hydrogens is 483 g/mol. The summed E-state index contributed by atoms with van der Waals surface area (Å²) in [4.78, 5) is 23.0. The third-order valence-corrected chi connectivity index (χ3v) is 6.36. The van der Waals surface area contributed by atoms with Crippen molar-refractivity contribution in [1.29, 1.82) is 0 Å². The Labute approximate surface area is 213 Å². The largest absolute Gasteiger partial charge is 0.394 e. The van der Waals surface area contributed by atoms with E-state index in [1.807, 2.05) is 50.2 Å². The summed E-state index contributed by atoms with van der Waals surface area (Å²) in [6.07, 6.45) is -1.40. The molecule has 7 nitrogen and oxygen atoms in total. The number of hydrogen-bond acceptors (Lipinski definition) is 5. The molecule has 0 saturated carbocycles. The Hall–Kier alpha value is -3.66. The molecule has 1 aliphatic rings. The second-order valence-corrected chi connectivity index (χ2v) is 9.47. The number of aliphatic hydroxyl groups excluding tert-OH is 1. The van der Waals surface area contributed by atoms with Crippen LogP contribution in [0.3, 0.4) is 0 Å². The van der Waals surface area contributed by atoms with Crippen LogP contribution in [0, 0.1) is 12.8 Å². The maximum absolute atomic E-state index is 12.8. The number of halogens is 3. The molecule has 3 N–H and O–H groups in total. The van der Waals surface area contributed by atoms with E-state index in [4.69, 9.17) is 4.98 Å². The number of carbonyl (C=O) groups excluding carboxylic acids is 1. The van der Waals surface area contributed by atoms with Gasteiger partial charge >= 0.3 is 12.2 Å². The van der Waals surface area contributed by atoms with E-state index in [2.05, 4.69) is 15.6 Å². The highest BCUT2D eigenvalue weighted by molar-refractivity contribution is 5.91. The first kappa shape index (κ1) is 26.4. The zero-order valence-electron chi connectivity index (χ0n) is 20.7. The first-order valence-electron chi connectivity index (χ1n) is 12.1. The number of amides is 2. The minimum atomic E-state index is -4.23. The first-order chi connectivity index (χ1) is 17.6. The van der Waals surface area contributed by atoms with Gasteiger partial charge in [0.1, 0.15) is 5.82 Å². The lowest BCUT2D eigenvalue weighted by Gasteiger charge is -2.19. The van der Waals surface area contributed by atoms with Gasteiger partial charge in [0.2, 0.25) is 0 Å². The summed E-state index contributed by atoms with van der Waals surface area (Å²) in [6, 6.07) is 12.4. The number of urea groups is 1. The highest BCUT2D eigenvalue weighted by Crippen LogP contribution is 2.33. The molecule has 0 radical (unpaired) electrons. The Balaban J connectivity index is 1.59. The predicted octanol–water partition coefficient (Wildman–Crippen LogP) is 5.72. The molecule has 3 heterocycles. The fraction of sp³-hybridized carbons (Fsp3) is 0.370. The lowest BCUT2D eigenvalue weighted by Crippen LogP contribution is -2.33. The van der Waals surface area contributed by atoms with E-state index >= 15 is 0 Å². The van der Waals surface area contributed by atoms with E-state index in [1.54, 1.807) is 18.5 Å². The molecule has 0 aliphatic carbocycles. The van der Waals surface area contributed by atoms with Crippen LogP contribution in [0.5, 0.6) is 0 Å². The molecule has 1 saturated heterocycles. The lowest BCUT2D eigenvalue weighted by molar-refractivity contribution is -0.143. The number of aryl methyl sites for hydroxylation is 1. The average molecular weight is 514 g/mol. The SMILES string of the molecule is Cc1ccc(NC(=O)N2CC[C@@H](CC(F)(F)F)C2)cc1-c1cc(N[C@H](C)CO)nc(-c2ccncc2)c1. The molecule has 2 amide bonds. The quantitative estimate of drug-likeness (QED) is 0.376. The summed E-state index contributed by atoms with van der Waals surface area (Å²) >= 11 is 0. The highest BCUT2D eigenvalue weighted by Gasteiger charge is 2.36. The number of hydrogen-bond donors (Lipinski definition) is 3. The topological polar surface area (TPSA) is 90.4 Å². The number of aromatic nitrogens is 2. The number of aliphatic hydroxyl groups is 1. The molecule has 1 aliphatic heterocycles. The fourth-order valence-electron chi connectivity index (χ4n) is 4.45. The van der Waals surface area contributed by atoms with Crippen LogP contribution >= 0.6 is 0 Å². The zero-order chi connectivity index (χ0) is 26.6. The standard InChI is InChI=1S/C27H30F3N5O2/c1-17-3-4-22(33-26(37)35-10-7-19(15-35)14-27(28,29)30)13-23(17)21-11-24(20-5-8-31-9-6-20)34-25(12-21)32-18(2)16-36/h3-6,8-9,11-13,18-19,36H,7,10,14-16H2,1-2H3,(H,32,34)(H,33,37)/t18-,19+/m1/s1. The van der Waals surface area contributed by atoms with Gasteiger partial charge in [0.05, 0.1) is 12.3 Å². The van der Waals surface area contributed by atoms with Gasteiger partial charge in [-0.25, -0.2) is 9.78 Å². The normalized spacial score (nSPS) is 16.5. The van der Waals surface area contributed by atoms with Gasteiger partial charge in [-0.15, -0.1) is 0 Å². The zero-order valence-corrected chi connectivity index (χ0v) is 20.7. The number of benzene rings is 1. The van der Waals surface area contributed by atoms with Crippen LogP contribution in [0.1, 0.15) is 25.3 Å². The van der Waals surface area contributed by atoms with Gasteiger partial charge < -0.3 is 20.6 Å². The van der Waals surface area contributed by atoms with E-state index < -0.39 is 24.5 Å². The summed E-state index contributed by atoms with van der Waals surface area (Å²) in [6.45, 7) is 4.13. The number of likely N-dealkylation sites (tertiary alicyclic amines) is 1. The fourth-order valence-corrected chi connectivity index (χ4v) is 4.45. The smallest absolute Gasteiger partial charge is 0.389 e. The number of rotatable bonds is 7. The molecule has 10 heteroatoms. The minimum Gasteiger partial charge on any atom is -0.394 e. The third kappa shape index (κ3) is 6.97. The van der Waals surface area contributed by atoms with Crippen molar-refractivity contribution in [3.63, 3.8) is 0 Å². The van der Waals surface area contributed by atoms with Gasteiger partial charge in [0.25, 0.3) is 0 Å². The summed E-state index contributed by atoms with van der Waals surface area (Å²) in [5.41, 5.74) is 4.83. The molecular formula is C27H30F3N5O2. The molecule has 0 unspecified atom stereocenters. The van der Waals surface area contributed by atoms with Crippen molar-refractivity contribution in [2.45, 2.75) is 38.9 Å². The first-order valence-corrected chi connectivity index (χ1v) is 12.1. The Morgan fingerprint density at radius 1 is 1.16 bits per heavy atom. The second kappa shape index (κ2) is 11.2. The number of pyridine rings is 2. The van der Waals surface area contributed by atoms with Gasteiger partial charge in [-0.05, 0) is 79.3 Å². The molecule has 196 valence electrons. The predicted molar refractivity (Wildman–Crippen MR) is 137 cm³/mol. The number of nitrogens with one attached hydrogen (secondary N) is 2. The van der Waals surface area contributed by atoms with Crippen LogP contribution in [-0.2, 0) is 0 Å². The Morgan fingerprint density at radius 3 is 2.62 bits per heavy atom. The van der Waals surface area contributed by atoms with Crippen LogP contribution in [0.4, 0.5) is 29.5 Å². The van der Waals surface area contributed by atoms with Crippen LogP contribution in [0.2, 0.25) is 0 Å². The summed E-state index contributed by atoms with van der Waals surface area (Å²) in [5, 5.41) is 15.5. The molecule has 0 bridgehead atoms. The molecule has 2 aromatic heterocycles. The van der Waals surface area contributed by atoms with E-state index in [-0.39, 0.29) is 19.2 Å². The van der Waals surface area contributed by atoms with Gasteiger partial charge in [-0.2, -0.15) is 13.2 Å². The van der Waals surface area contributed by atoms with Crippen molar-refractivity contribution < 1.29 is 23.1 Å². The molecule has 4 rings (SSSR count). The van der Waals surface area contributed by atoms with Crippen molar-refractivity contribution in [3.8, 4) is 22.4 Å². The molecule has 2 atom stereocenters. The van der Waals surface area contributed by atoms with Crippen molar-refractivity contribution in [1.82, 2.24) is 14.9 Å². The maximum atomic E-state index is 12.8. The van der Waals surface area contributed by atoms with Crippen molar-refractivity contribution >= 4 is 17.5 Å². The molecule has 37 heavy (non-hydrogen) atoms. The van der Waals surface area contributed by atoms with E-state index in [1.165, 1.54) is 4.90 Å². The average Bonchev–Trinajstić information content (AvgIpc) is 3.32. The number of alkyl halides is 3. The Morgan fingerprint density at radius 2 is 1.92 bits per heavy atom. The van der Waals surface area contributed by atoms with Crippen molar-refractivity contribution in [3.05, 3.63) is 60.4 Å². The maximum Gasteiger partial charge on any atom is 0.389 e. The summed E-state index contributed by atoms with van der Waals surface area (Å²) in [5.74, 6) is 0.0162. The van der Waals surface area contributed by atoms with Gasteiger partial charge in [0.15, 0.2) is 0 Å². The monoisotopic (exact) mass is 513 g/mol. The van der Waals surface area contributed by atoms with Gasteiger partial charge in [0, 0.05) is 49.2 Å². The summed E-state index contributed by atoms with van der Waals surface area (Å²) < 4.78 is 38.2. The number of carbonyl (C=O) groups is 1. The van der Waals surface area contributed by atoms with Crippen molar-refractivity contribution in [2.75, 3.05) is 30.3 Å². The molecule has 3 aromatic rings. The van der Waals surface area contributed by atoms with Crippen LogP contribution in [-0.4, -0.2) is 57.9 Å². The Kier molecular flexibility index (Phi) is 7.97. The van der Waals surface area contributed by atoms with Crippen molar-refractivity contribution in [2.24, 2.45) is 5.92 Å². The van der Waals surface area contributed by atoms with E-state index in [0.717, 1.165) is 22.3 Å². The van der Waals surface area contributed by atoms with Crippen LogP contribution < -0.4 is 10.6 Å². The number of nitrogens with zero attached hydrogens (tertiary/aromatic N) is 3. The third-order valence-electron chi connectivity index (χ3n) is 6.36. The van der Waals surface area contributed by atoms with Crippen LogP contribution in [0.15, 0.2) is 54.9 Å². The second-order valence-electron chi connectivity index (χ2n) is 9.47. The highest BCUT2D eigenvalue weighted by atomic mass is 19.4.